The molecule has 0 amide bonds. The molecule has 1 atom stereocenters. The third kappa shape index (κ3) is 2.65. The fourth-order valence-electron chi connectivity index (χ4n) is 2.51. The van der Waals surface area contributed by atoms with Crippen LogP contribution in [0.1, 0.15) is 17.8 Å². The van der Waals surface area contributed by atoms with Crippen LogP contribution in [0.2, 0.25) is 0 Å². The highest BCUT2D eigenvalue weighted by atomic mass is 32.1. The first-order valence-corrected chi connectivity index (χ1v) is 7.45. The van der Waals surface area contributed by atoms with Gasteiger partial charge in [-0.2, -0.15) is 0 Å². The van der Waals surface area contributed by atoms with Crippen molar-refractivity contribution in [2.24, 2.45) is 5.92 Å². The molecule has 0 bridgehead atoms. The molecule has 18 heavy (non-hydrogen) atoms. The molecular formula is C14H19N3S. The van der Waals surface area contributed by atoms with Crippen LogP contribution < -0.4 is 10.6 Å². The summed E-state index contributed by atoms with van der Waals surface area (Å²) in [4.78, 5) is 4.53. The van der Waals surface area contributed by atoms with Crippen LogP contribution in [0.4, 0.5) is 5.69 Å². The van der Waals surface area contributed by atoms with Crippen LogP contribution in [-0.2, 0) is 0 Å². The minimum Gasteiger partial charge on any atom is -0.385 e. The van der Waals surface area contributed by atoms with Gasteiger partial charge in [-0.25, -0.2) is 4.98 Å². The molecule has 1 saturated heterocycles. The smallest absolute Gasteiger partial charge is 0.0907 e. The van der Waals surface area contributed by atoms with Crippen LogP contribution in [0.3, 0.4) is 0 Å². The molecule has 0 saturated carbocycles. The number of nitrogens with one attached hydrogen (secondary N) is 2. The fraction of sp³-hybridized carbons (Fsp3) is 0.500. The van der Waals surface area contributed by atoms with E-state index in [1.54, 1.807) is 11.3 Å². The molecule has 1 aromatic carbocycles. The standard InChI is InChI=1S/C14H19N3S/c1-10-17-13-7-12(4-5-14(13)18-10)16-9-11-3-2-6-15-8-11/h4-5,7,11,15-16H,2-3,6,8-9H2,1H3. The van der Waals surface area contributed by atoms with Crippen LogP contribution in [0.15, 0.2) is 18.2 Å². The summed E-state index contributed by atoms with van der Waals surface area (Å²) in [6, 6.07) is 6.49. The summed E-state index contributed by atoms with van der Waals surface area (Å²) in [6.07, 6.45) is 2.63. The zero-order valence-electron chi connectivity index (χ0n) is 10.7. The maximum atomic E-state index is 4.53. The van der Waals surface area contributed by atoms with Crippen molar-refractivity contribution >= 4 is 27.2 Å². The van der Waals surface area contributed by atoms with Crippen molar-refractivity contribution in [1.82, 2.24) is 10.3 Å². The quantitative estimate of drug-likeness (QED) is 0.892. The van der Waals surface area contributed by atoms with Gasteiger partial charge in [-0.15, -0.1) is 11.3 Å². The van der Waals surface area contributed by atoms with E-state index in [0.29, 0.717) is 0 Å². The molecule has 3 nitrogen and oxygen atoms in total. The van der Waals surface area contributed by atoms with Gasteiger partial charge in [0.05, 0.1) is 15.2 Å². The highest BCUT2D eigenvalue weighted by Gasteiger charge is 2.12. The van der Waals surface area contributed by atoms with Gasteiger partial charge in [-0.05, 0) is 57.0 Å². The maximum Gasteiger partial charge on any atom is 0.0907 e. The van der Waals surface area contributed by atoms with Crippen LogP contribution in [0.25, 0.3) is 10.2 Å². The molecule has 1 aliphatic heterocycles. The van der Waals surface area contributed by atoms with Gasteiger partial charge < -0.3 is 10.6 Å². The Balaban J connectivity index is 1.66. The predicted octanol–water partition coefficient (Wildman–Crippen LogP) is 3.02. The molecule has 0 radical (unpaired) electrons. The molecule has 1 aliphatic rings. The monoisotopic (exact) mass is 261 g/mol. The van der Waals surface area contributed by atoms with Crippen molar-refractivity contribution in [2.75, 3.05) is 25.0 Å². The first-order chi connectivity index (χ1) is 8.81. The first-order valence-electron chi connectivity index (χ1n) is 6.63. The Bertz CT molecular complexity index is 529. The van der Waals surface area contributed by atoms with Crippen LogP contribution >= 0.6 is 11.3 Å². The molecule has 4 heteroatoms. The normalized spacial score (nSPS) is 20.2. The Hall–Kier alpha value is -1.13. The second-order valence-corrected chi connectivity index (χ2v) is 6.24. The van der Waals surface area contributed by atoms with Gasteiger partial charge >= 0.3 is 0 Å². The number of benzene rings is 1. The molecule has 2 N–H and O–H groups in total. The average Bonchev–Trinajstić information content (AvgIpc) is 2.77. The second kappa shape index (κ2) is 5.24. The van der Waals surface area contributed by atoms with Crippen molar-refractivity contribution in [3.8, 4) is 0 Å². The minimum absolute atomic E-state index is 0.756. The lowest BCUT2D eigenvalue weighted by Crippen LogP contribution is -2.33. The predicted molar refractivity (Wildman–Crippen MR) is 78.4 cm³/mol. The molecule has 0 spiro atoms. The zero-order chi connectivity index (χ0) is 12.4. The molecule has 2 aromatic rings. The van der Waals surface area contributed by atoms with Gasteiger partial charge in [-0.1, -0.05) is 0 Å². The Morgan fingerprint density at radius 2 is 2.44 bits per heavy atom. The number of anilines is 1. The number of piperidine rings is 1. The summed E-state index contributed by atoms with van der Waals surface area (Å²) >= 11 is 1.76. The average molecular weight is 261 g/mol. The van der Waals surface area contributed by atoms with Crippen LogP contribution in [0.5, 0.6) is 0 Å². The summed E-state index contributed by atoms with van der Waals surface area (Å²) < 4.78 is 1.28. The van der Waals surface area contributed by atoms with Gasteiger partial charge in [0.2, 0.25) is 0 Å². The lowest BCUT2D eigenvalue weighted by molar-refractivity contribution is 0.393. The fourth-order valence-corrected chi connectivity index (χ4v) is 3.32. The van der Waals surface area contributed by atoms with Crippen molar-refractivity contribution in [1.29, 1.82) is 0 Å². The van der Waals surface area contributed by atoms with E-state index in [1.165, 1.54) is 29.8 Å². The molecule has 3 rings (SSSR count). The number of nitrogens with zero attached hydrogens (tertiary/aromatic N) is 1. The van der Waals surface area contributed by atoms with E-state index in [1.807, 2.05) is 0 Å². The number of hydrogen-bond acceptors (Lipinski definition) is 4. The second-order valence-electron chi connectivity index (χ2n) is 5.01. The van der Waals surface area contributed by atoms with E-state index >= 15 is 0 Å². The molecule has 96 valence electrons. The Labute approximate surface area is 112 Å². The molecule has 0 aliphatic carbocycles. The largest absolute Gasteiger partial charge is 0.385 e. The van der Waals surface area contributed by atoms with Crippen molar-refractivity contribution in [2.45, 2.75) is 19.8 Å². The number of rotatable bonds is 3. The van der Waals surface area contributed by atoms with Gasteiger partial charge in [0.25, 0.3) is 0 Å². The lowest BCUT2D eigenvalue weighted by atomic mass is 10.00. The summed E-state index contributed by atoms with van der Waals surface area (Å²) in [6.45, 7) is 5.44. The Morgan fingerprint density at radius 3 is 3.28 bits per heavy atom. The maximum absolute atomic E-state index is 4.53. The van der Waals surface area contributed by atoms with Crippen molar-refractivity contribution < 1.29 is 0 Å². The molecule has 1 fully saturated rings. The van der Waals surface area contributed by atoms with Crippen molar-refractivity contribution in [3.63, 3.8) is 0 Å². The summed E-state index contributed by atoms with van der Waals surface area (Å²) in [5.41, 5.74) is 2.31. The molecular weight excluding hydrogens is 242 g/mol. The minimum atomic E-state index is 0.756. The number of hydrogen-bond donors (Lipinski definition) is 2. The highest BCUT2D eigenvalue weighted by Crippen LogP contribution is 2.24. The van der Waals surface area contributed by atoms with E-state index in [0.717, 1.165) is 29.5 Å². The third-order valence-electron chi connectivity index (χ3n) is 3.49. The van der Waals surface area contributed by atoms with Gasteiger partial charge in [-0.3, -0.25) is 0 Å². The first kappa shape index (κ1) is 11.9. The van der Waals surface area contributed by atoms with Gasteiger partial charge in [0.1, 0.15) is 0 Å². The van der Waals surface area contributed by atoms with Gasteiger partial charge in [0, 0.05) is 12.2 Å². The Kier molecular flexibility index (Phi) is 3.48. The summed E-state index contributed by atoms with van der Waals surface area (Å²) in [7, 11) is 0. The van der Waals surface area contributed by atoms with E-state index in [4.69, 9.17) is 0 Å². The summed E-state index contributed by atoms with van der Waals surface area (Å²) in [5.74, 6) is 0.756. The SMILES string of the molecule is Cc1nc2cc(NCC3CCCNC3)ccc2s1. The Morgan fingerprint density at radius 1 is 1.50 bits per heavy atom. The zero-order valence-corrected chi connectivity index (χ0v) is 11.5. The van der Waals surface area contributed by atoms with Gasteiger partial charge in [0.15, 0.2) is 0 Å². The number of aryl methyl sites for hydroxylation is 1. The van der Waals surface area contributed by atoms with Crippen LogP contribution in [-0.4, -0.2) is 24.6 Å². The molecule has 1 unspecified atom stereocenters. The third-order valence-corrected chi connectivity index (χ3v) is 4.44. The van der Waals surface area contributed by atoms with Crippen LogP contribution in [0, 0.1) is 12.8 Å². The molecule has 1 aromatic heterocycles. The number of aromatic nitrogens is 1. The van der Waals surface area contributed by atoms with E-state index in [2.05, 4.69) is 40.7 Å². The highest BCUT2D eigenvalue weighted by molar-refractivity contribution is 7.18. The molecule has 2 heterocycles. The summed E-state index contributed by atoms with van der Waals surface area (Å²) in [5, 5.41) is 8.13. The van der Waals surface area contributed by atoms with E-state index < -0.39 is 0 Å². The topological polar surface area (TPSA) is 37.0 Å². The number of fused-ring (bicyclic) bond motifs is 1. The van der Waals surface area contributed by atoms with Crippen molar-refractivity contribution in [3.05, 3.63) is 23.2 Å². The number of thiazole rings is 1. The lowest BCUT2D eigenvalue weighted by Gasteiger charge is -2.23. The van der Waals surface area contributed by atoms with E-state index in [-0.39, 0.29) is 0 Å². The van der Waals surface area contributed by atoms with E-state index in [9.17, 15) is 0 Å².